The molecule has 5 nitrogen and oxygen atoms in total. The second-order valence-corrected chi connectivity index (χ2v) is 7.36. The lowest BCUT2D eigenvalue weighted by Crippen LogP contribution is -2.47. The summed E-state index contributed by atoms with van der Waals surface area (Å²) in [5.41, 5.74) is 3.06. The van der Waals surface area contributed by atoms with Crippen molar-refractivity contribution >= 4 is 5.82 Å². The number of nitrogens with zero attached hydrogens (tertiary/aromatic N) is 4. The number of rotatable bonds is 6. The van der Waals surface area contributed by atoms with E-state index in [1.54, 1.807) is 12.1 Å². The second-order valence-electron chi connectivity index (χ2n) is 7.36. The zero-order valence-corrected chi connectivity index (χ0v) is 15.7. The van der Waals surface area contributed by atoms with Crippen molar-refractivity contribution in [3.8, 4) is 5.69 Å². The molecule has 1 aromatic heterocycles. The maximum absolute atomic E-state index is 13.8. The van der Waals surface area contributed by atoms with Crippen molar-refractivity contribution in [2.45, 2.75) is 39.3 Å². The van der Waals surface area contributed by atoms with Crippen LogP contribution in [0.3, 0.4) is 0 Å². The van der Waals surface area contributed by atoms with Crippen LogP contribution in [0.15, 0.2) is 24.3 Å². The van der Waals surface area contributed by atoms with E-state index in [-0.39, 0.29) is 5.82 Å². The monoisotopic (exact) mass is 357 g/mol. The number of nitrogens with one attached hydrogen (secondary N) is 1. The summed E-state index contributed by atoms with van der Waals surface area (Å²) in [5, 5.41) is 8.41. The molecule has 1 aromatic carbocycles. The molecule has 140 valence electrons. The van der Waals surface area contributed by atoms with Crippen molar-refractivity contribution in [1.82, 2.24) is 20.0 Å². The maximum Gasteiger partial charge on any atom is 0.137 e. The van der Waals surface area contributed by atoms with Crippen molar-refractivity contribution in [2.24, 2.45) is 0 Å². The molecular weight excluding hydrogens is 329 g/mol. The Morgan fingerprint density at radius 2 is 1.96 bits per heavy atom. The minimum Gasteiger partial charge on any atom is -0.354 e. The van der Waals surface area contributed by atoms with Crippen molar-refractivity contribution in [1.29, 1.82) is 0 Å². The number of anilines is 1. The predicted octanol–water partition coefficient (Wildman–Crippen LogP) is 2.71. The normalized spacial score (nSPS) is 18.5. The van der Waals surface area contributed by atoms with Gasteiger partial charge in [-0.3, -0.25) is 0 Å². The predicted molar refractivity (Wildman–Crippen MR) is 102 cm³/mol. The zero-order chi connectivity index (χ0) is 18.1. The standard InChI is InChI=1S/C20H28FN5/c1-3-24-9-11-25(12-10-24)20-19(14-22-17-7-8-17)15(2)23-26(20)18-6-4-5-16(21)13-18/h4-6,13,17,22H,3,7-12,14H2,1-2H3. The van der Waals surface area contributed by atoms with E-state index in [9.17, 15) is 4.39 Å². The molecule has 26 heavy (non-hydrogen) atoms. The van der Waals surface area contributed by atoms with Gasteiger partial charge in [0.2, 0.25) is 0 Å². The van der Waals surface area contributed by atoms with Gasteiger partial charge in [-0.1, -0.05) is 13.0 Å². The van der Waals surface area contributed by atoms with E-state index in [4.69, 9.17) is 5.10 Å². The van der Waals surface area contributed by atoms with E-state index in [1.165, 1.54) is 24.5 Å². The summed E-state index contributed by atoms with van der Waals surface area (Å²) in [6.07, 6.45) is 2.53. The topological polar surface area (TPSA) is 36.3 Å². The van der Waals surface area contributed by atoms with Gasteiger partial charge >= 0.3 is 0 Å². The van der Waals surface area contributed by atoms with E-state index >= 15 is 0 Å². The first-order valence-electron chi connectivity index (χ1n) is 9.71. The first-order chi connectivity index (χ1) is 12.7. The quantitative estimate of drug-likeness (QED) is 0.862. The van der Waals surface area contributed by atoms with Crippen molar-refractivity contribution in [3.05, 3.63) is 41.3 Å². The fraction of sp³-hybridized carbons (Fsp3) is 0.550. The third kappa shape index (κ3) is 3.62. The summed E-state index contributed by atoms with van der Waals surface area (Å²) < 4.78 is 15.8. The number of hydrogen-bond acceptors (Lipinski definition) is 4. The van der Waals surface area contributed by atoms with Crippen LogP contribution in [0, 0.1) is 12.7 Å². The summed E-state index contributed by atoms with van der Waals surface area (Å²) >= 11 is 0. The molecule has 2 aliphatic rings. The Balaban J connectivity index is 1.69. The van der Waals surface area contributed by atoms with Gasteiger partial charge in [0.15, 0.2) is 0 Å². The number of piperazine rings is 1. The molecular formula is C20H28FN5. The van der Waals surface area contributed by atoms with Gasteiger partial charge in [0.25, 0.3) is 0 Å². The van der Waals surface area contributed by atoms with E-state index < -0.39 is 0 Å². The van der Waals surface area contributed by atoms with Gasteiger partial charge in [0.1, 0.15) is 11.6 Å². The number of hydrogen-bond donors (Lipinski definition) is 1. The average molecular weight is 357 g/mol. The van der Waals surface area contributed by atoms with Crippen LogP contribution in [-0.4, -0.2) is 53.4 Å². The van der Waals surface area contributed by atoms with Gasteiger partial charge in [0, 0.05) is 44.3 Å². The van der Waals surface area contributed by atoms with Crippen LogP contribution in [0.4, 0.5) is 10.2 Å². The Labute approximate surface area is 154 Å². The SMILES string of the molecule is CCN1CCN(c2c(CNC3CC3)c(C)nn2-c2cccc(F)c2)CC1. The van der Waals surface area contributed by atoms with Crippen LogP contribution in [-0.2, 0) is 6.54 Å². The van der Waals surface area contributed by atoms with Gasteiger partial charge in [0.05, 0.1) is 11.4 Å². The zero-order valence-electron chi connectivity index (χ0n) is 15.7. The summed E-state index contributed by atoms with van der Waals surface area (Å²) in [7, 11) is 0. The molecule has 0 radical (unpaired) electrons. The highest BCUT2D eigenvalue weighted by Gasteiger charge is 2.27. The van der Waals surface area contributed by atoms with Crippen LogP contribution in [0.1, 0.15) is 31.0 Å². The molecule has 1 aliphatic heterocycles. The molecule has 2 fully saturated rings. The molecule has 1 N–H and O–H groups in total. The molecule has 2 heterocycles. The van der Waals surface area contributed by atoms with Crippen molar-refractivity contribution in [2.75, 3.05) is 37.6 Å². The largest absolute Gasteiger partial charge is 0.354 e. The van der Waals surface area contributed by atoms with E-state index in [0.717, 1.165) is 56.5 Å². The molecule has 0 atom stereocenters. The van der Waals surface area contributed by atoms with Crippen molar-refractivity contribution in [3.63, 3.8) is 0 Å². The van der Waals surface area contributed by atoms with Gasteiger partial charge in [-0.25, -0.2) is 9.07 Å². The van der Waals surface area contributed by atoms with Crippen LogP contribution in [0.25, 0.3) is 5.69 Å². The molecule has 0 amide bonds. The Hall–Kier alpha value is -1.92. The molecule has 0 bridgehead atoms. The summed E-state index contributed by atoms with van der Waals surface area (Å²) in [6.45, 7) is 10.3. The third-order valence-corrected chi connectivity index (χ3v) is 5.47. The Kier molecular flexibility index (Phi) is 4.96. The molecule has 6 heteroatoms. The highest BCUT2D eigenvalue weighted by Crippen LogP contribution is 2.30. The lowest BCUT2D eigenvalue weighted by Gasteiger charge is -2.36. The van der Waals surface area contributed by atoms with E-state index in [2.05, 4.69) is 29.0 Å². The molecule has 1 saturated heterocycles. The molecule has 1 aliphatic carbocycles. The number of halogens is 1. The Bertz CT molecular complexity index is 760. The van der Waals surface area contributed by atoms with Crippen LogP contribution in [0.5, 0.6) is 0 Å². The molecule has 0 unspecified atom stereocenters. The van der Waals surface area contributed by atoms with Gasteiger partial charge < -0.3 is 15.1 Å². The van der Waals surface area contributed by atoms with Crippen molar-refractivity contribution < 1.29 is 4.39 Å². The maximum atomic E-state index is 13.8. The van der Waals surface area contributed by atoms with E-state index in [1.807, 2.05) is 10.7 Å². The summed E-state index contributed by atoms with van der Waals surface area (Å²) in [5.74, 6) is 0.895. The van der Waals surface area contributed by atoms with Crippen LogP contribution in [0.2, 0.25) is 0 Å². The fourth-order valence-electron chi connectivity index (χ4n) is 3.68. The number of benzene rings is 1. The summed E-state index contributed by atoms with van der Waals surface area (Å²) in [6, 6.07) is 7.38. The number of aryl methyl sites for hydroxylation is 1. The van der Waals surface area contributed by atoms with Gasteiger partial charge in [-0.15, -0.1) is 0 Å². The molecule has 4 rings (SSSR count). The second kappa shape index (κ2) is 7.37. The molecule has 1 saturated carbocycles. The van der Waals surface area contributed by atoms with Gasteiger partial charge in [-0.2, -0.15) is 5.10 Å². The fourth-order valence-corrected chi connectivity index (χ4v) is 3.68. The van der Waals surface area contributed by atoms with Gasteiger partial charge in [-0.05, 0) is 44.5 Å². The minimum atomic E-state index is -0.227. The Morgan fingerprint density at radius 1 is 1.19 bits per heavy atom. The lowest BCUT2D eigenvalue weighted by molar-refractivity contribution is 0.270. The lowest BCUT2D eigenvalue weighted by atomic mass is 10.2. The number of aromatic nitrogens is 2. The van der Waals surface area contributed by atoms with Crippen LogP contribution >= 0.6 is 0 Å². The molecule has 2 aromatic rings. The minimum absolute atomic E-state index is 0.227. The highest BCUT2D eigenvalue weighted by atomic mass is 19.1. The third-order valence-electron chi connectivity index (χ3n) is 5.47. The van der Waals surface area contributed by atoms with E-state index in [0.29, 0.717) is 6.04 Å². The van der Waals surface area contributed by atoms with Crippen LogP contribution < -0.4 is 10.2 Å². The highest BCUT2D eigenvalue weighted by molar-refractivity contribution is 5.55. The Morgan fingerprint density at radius 3 is 2.62 bits per heavy atom. The first-order valence-corrected chi connectivity index (χ1v) is 9.71. The molecule has 0 spiro atoms. The average Bonchev–Trinajstić information content (AvgIpc) is 3.42. The first kappa shape index (κ1) is 17.5. The number of likely N-dealkylation sites (N-methyl/N-ethyl adjacent to an activating group) is 1. The smallest absolute Gasteiger partial charge is 0.137 e. The summed E-state index contributed by atoms with van der Waals surface area (Å²) in [4.78, 5) is 4.88.